The van der Waals surface area contributed by atoms with E-state index < -0.39 is 16.1 Å². The molecule has 2 aromatic rings. The van der Waals surface area contributed by atoms with Crippen LogP contribution in [0.5, 0.6) is 5.75 Å². The van der Waals surface area contributed by atoms with Crippen LogP contribution in [0.1, 0.15) is 25.7 Å². The van der Waals surface area contributed by atoms with E-state index in [2.05, 4.69) is 10.2 Å². The van der Waals surface area contributed by atoms with Crippen LogP contribution < -0.4 is 14.8 Å². The first-order chi connectivity index (χ1) is 14.0. The lowest BCUT2D eigenvalue weighted by molar-refractivity contribution is 0.205. The molecule has 1 aliphatic rings. The number of hydrogen-bond acceptors (Lipinski definition) is 5. The van der Waals surface area contributed by atoms with Gasteiger partial charge >= 0.3 is 6.03 Å². The Balaban J connectivity index is 1.45. The number of sulfonamides is 1. The van der Waals surface area contributed by atoms with Crippen molar-refractivity contribution in [3.8, 4) is 5.75 Å². The number of carbonyl (C=O) groups is 1. The van der Waals surface area contributed by atoms with Crippen molar-refractivity contribution in [3.63, 3.8) is 0 Å². The first-order valence-corrected chi connectivity index (χ1v) is 11.4. The Morgan fingerprint density at radius 3 is 2.34 bits per heavy atom. The highest BCUT2D eigenvalue weighted by molar-refractivity contribution is 7.90. The van der Waals surface area contributed by atoms with Crippen molar-refractivity contribution < 1.29 is 17.9 Å². The Bertz CT molecular complexity index is 880. The van der Waals surface area contributed by atoms with Gasteiger partial charge in [-0.05, 0) is 68.8 Å². The third kappa shape index (κ3) is 6.76. The van der Waals surface area contributed by atoms with Crippen LogP contribution in [0.25, 0.3) is 0 Å². The van der Waals surface area contributed by atoms with E-state index in [-0.39, 0.29) is 4.90 Å². The molecule has 0 saturated carbocycles. The summed E-state index contributed by atoms with van der Waals surface area (Å²) in [7, 11) is -3.96. The minimum atomic E-state index is -3.96. The van der Waals surface area contributed by atoms with Crippen LogP contribution in [0.4, 0.5) is 10.5 Å². The normalized spacial score (nSPS) is 14.9. The molecule has 1 saturated heterocycles. The van der Waals surface area contributed by atoms with Gasteiger partial charge < -0.3 is 15.0 Å². The molecular formula is C21H27N3O4S. The number of ether oxygens (including phenoxy) is 1. The largest absolute Gasteiger partial charge is 0.494 e. The zero-order valence-corrected chi connectivity index (χ0v) is 17.2. The van der Waals surface area contributed by atoms with E-state index >= 15 is 0 Å². The Kier molecular flexibility index (Phi) is 7.48. The monoisotopic (exact) mass is 417 g/mol. The second kappa shape index (κ2) is 10.3. The van der Waals surface area contributed by atoms with Crippen molar-refractivity contribution >= 4 is 21.7 Å². The minimum absolute atomic E-state index is 0.00128. The summed E-state index contributed by atoms with van der Waals surface area (Å²) in [4.78, 5) is 14.4. The number of hydrogen-bond donors (Lipinski definition) is 2. The predicted molar refractivity (Wildman–Crippen MR) is 113 cm³/mol. The van der Waals surface area contributed by atoms with E-state index in [0.29, 0.717) is 18.0 Å². The first kappa shape index (κ1) is 21.1. The molecule has 2 N–H and O–H groups in total. The van der Waals surface area contributed by atoms with Crippen LogP contribution in [0.15, 0.2) is 59.5 Å². The van der Waals surface area contributed by atoms with Gasteiger partial charge in [0.2, 0.25) is 0 Å². The third-order valence-corrected chi connectivity index (χ3v) is 6.08. The highest BCUT2D eigenvalue weighted by Crippen LogP contribution is 2.17. The maximum absolute atomic E-state index is 12.4. The molecule has 0 atom stereocenters. The molecule has 0 aromatic heterocycles. The number of piperidine rings is 1. The van der Waals surface area contributed by atoms with Crippen molar-refractivity contribution in [2.45, 2.75) is 30.6 Å². The molecule has 7 nitrogen and oxygen atoms in total. The van der Waals surface area contributed by atoms with Crippen molar-refractivity contribution in [2.24, 2.45) is 0 Å². The molecule has 0 radical (unpaired) electrons. The summed E-state index contributed by atoms with van der Waals surface area (Å²) in [5.74, 6) is 0.608. The number of anilines is 1. The van der Waals surface area contributed by atoms with Crippen LogP contribution in [-0.4, -0.2) is 45.6 Å². The lowest BCUT2D eigenvalue weighted by Gasteiger charge is -2.26. The molecular weight excluding hydrogens is 390 g/mol. The fourth-order valence-corrected chi connectivity index (χ4v) is 4.14. The first-order valence-electron chi connectivity index (χ1n) is 9.87. The van der Waals surface area contributed by atoms with Gasteiger partial charge in [-0.15, -0.1) is 0 Å². The number of likely N-dealkylation sites (tertiary alicyclic amines) is 1. The van der Waals surface area contributed by atoms with E-state index in [1.807, 2.05) is 4.72 Å². The van der Waals surface area contributed by atoms with Gasteiger partial charge in [0.25, 0.3) is 10.0 Å². The number of benzene rings is 2. The standard InChI is InChI=1S/C21H27N3O4S/c25-21(22-18-8-3-1-4-9-18)23-29(26,27)20-12-10-19(11-13-20)28-17-7-16-24-14-5-2-6-15-24/h1,3-4,8-13H,2,5-7,14-17H2,(H2,22,23,25). The Morgan fingerprint density at radius 2 is 1.66 bits per heavy atom. The molecule has 8 heteroatoms. The smallest absolute Gasteiger partial charge is 0.333 e. The van der Waals surface area contributed by atoms with E-state index in [1.165, 1.54) is 31.4 Å². The molecule has 0 spiro atoms. The summed E-state index contributed by atoms with van der Waals surface area (Å²) in [5.41, 5.74) is 0.508. The maximum atomic E-state index is 12.4. The summed E-state index contributed by atoms with van der Waals surface area (Å²) < 4.78 is 32.4. The number of nitrogens with one attached hydrogen (secondary N) is 2. The predicted octanol–water partition coefficient (Wildman–Crippen LogP) is 3.45. The number of amides is 2. The Morgan fingerprint density at radius 1 is 0.966 bits per heavy atom. The SMILES string of the molecule is O=C(Nc1ccccc1)NS(=O)(=O)c1ccc(OCCCN2CCCCC2)cc1. The summed E-state index contributed by atoms with van der Waals surface area (Å²) in [6.07, 6.45) is 4.80. The van der Waals surface area contributed by atoms with E-state index in [1.54, 1.807) is 42.5 Å². The van der Waals surface area contributed by atoms with Gasteiger partial charge in [-0.25, -0.2) is 17.9 Å². The summed E-state index contributed by atoms with van der Waals surface area (Å²) >= 11 is 0. The molecule has 0 aliphatic carbocycles. The highest BCUT2D eigenvalue weighted by atomic mass is 32.2. The maximum Gasteiger partial charge on any atom is 0.333 e. The van der Waals surface area contributed by atoms with Gasteiger partial charge in [-0.3, -0.25) is 0 Å². The molecule has 1 fully saturated rings. The Hall–Kier alpha value is -2.58. The van der Waals surface area contributed by atoms with Gasteiger partial charge in [0.15, 0.2) is 0 Å². The van der Waals surface area contributed by atoms with Crippen molar-refractivity contribution in [2.75, 3.05) is 31.6 Å². The molecule has 0 bridgehead atoms. The average Bonchev–Trinajstić information content (AvgIpc) is 2.72. The van der Waals surface area contributed by atoms with Crippen LogP contribution in [0.3, 0.4) is 0 Å². The minimum Gasteiger partial charge on any atom is -0.494 e. The molecule has 2 aromatic carbocycles. The quantitative estimate of drug-likeness (QED) is 0.643. The number of urea groups is 1. The Labute approximate surface area is 172 Å². The molecule has 1 aliphatic heterocycles. The van der Waals surface area contributed by atoms with E-state index in [0.717, 1.165) is 26.1 Å². The van der Waals surface area contributed by atoms with Gasteiger partial charge in [0, 0.05) is 12.2 Å². The van der Waals surface area contributed by atoms with Crippen LogP contribution >= 0.6 is 0 Å². The lowest BCUT2D eigenvalue weighted by Crippen LogP contribution is -2.34. The van der Waals surface area contributed by atoms with E-state index in [4.69, 9.17) is 4.74 Å². The van der Waals surface area contributed by atoms with Gasteiger partial charge in [0.1, 0.15) is 5.75 Å². The fraction of sp³-hybridized carbons (Fsp3) is 0.381. The molecule has 29 heavy (non-hydrogen) atoms. The van der Waals surface area contributed by atoms with Crippen LogP contribution in [0, 0.1) is 0 Å². The highest BCUT2D eigenvalue weighted by Gasteiger charge is 2.17. The van der Waals surface area contributed by atoms with E-state index in [9.17, 15) is 13.2 Å². The van der Waals surface area contributed by atoms with Gasteiger partial charge in [-0.2, -0.15) is 0 Å². The zero-order chi connectivity index (χ0) is 20.5. The van der Waals surface area contributed by atoms with Crippen molar-refractivity contribution in [1.29, 1.82) is 0 Å². The second-order valence-corrected chi connectivity index (χ2v) is 8.68. The van der Waals surface area contributed by atoms with Gasteiger partial charge in [-0.1, -0.05) is 24.6 Å². The summed E-state index contributed by atoms with van der Waals surface area (Å²) in [5, 5.41) is 2.48. The molecule has 0 unspecified atom stereocenters. The number of nitrogens with zero attached hydrogens (tertiary/aromatic N) is 1. The van der Waals surface area contributed by atoms with Gasteiger partial charge in [0.05, 0.1) is 11.5 Å². The summed E-state index contributed by atoms with van der Waals surface area (Å²) in [6.45, 7) is 3.93. The second-order valence-electron chi connectivity index (χ2n) is 7.00. The van der Waals surface area contributed by atoms with Crippen molar-refractivity contribution in [1.82, 2.24) is 9.62 Å². The van der Waals surface area contributed by atoms with Crippen LogP contribution in [0.2, 0.25) is 0 Å². The topological polar surface area (TPSA) is 87.7 Å². The number of carbonyl (C=O) groups excluding carboxylic acids is 1. The fourth-order valence-electron chi connectivity index (χ4n) is 3.24. The molecule has 3 rings (SSSR count). The number of para-hydroxylation sites is 1. The zero-order valence-electron chi connectivity index (χ0n) is 16.3. The van der Waals surface area contributed by atoms with Crippen LogP contribution in [-0.2, 0) is 10.0 Å². The third-order valence-electron chi connectivity index (χ3n) is 4.73. The lowest BCUT2D eigenvalue weighted by atomic mass is 10.1. The summed E-state index contributed by atoms with van der Waals surface area (Å²) in [6, 6.07) is 13.9. The molecule has 1 heterocycles. The van der Waals surface area contributed by atoms with Crippen molar-refractivity contribution in [3.05, 3.63) is 54.6 Å². The molecule has 156 valence electrons. The molecule has 2 amide bonds. The average molecular weight is 418 g/mol. The number of rotatable bonds is 8.